The predicted molar refractivity (Wildman–Crippen MR) is 84.3 cm³/mol. The molecule has 0 atom stereocenters. The summed E-state index contributed by atoms with van der Waals surface area (Å²) in [6.45, 7) is 9.63. The molecule has 1 aromatic rings. The molecule has 2 heterocycles. The number of hydrogen-bond acceptors (Lipinski definition) is 5. The van der Waals surface area contributed by atoms with Crippen molar-refractivity contribution in [3.05, 3.63) is 28.5 Å². The van der Waals surface area contributed by atoms with E-state index in [1.54, 1.807) is 5.06 Å². The van der Waals surface area contributed by atoms with Gasteiger partial charge >= 0.3 is 5.97 Å². The summed E-state index contributed by atoms with van der Waals surface area (Å²) in [4.78, 5) is 24.0. The number of rotatable bonds is 3. The van der Waals surface area contributed by atoms with Crippen LogP contribution in [0.3, 0.4) is 0 Å². The first-order valence-electron chi connectivity index (χ1n) is 7.15. The number of nitrogens with zero attached hydrogens (tertiary/aromatic N) is 3. The molecule has 0 unspecified atom stereocenters. The fourth-order valence-electron chi connectivity index (χ4n) is 1.96. The number of piperazine rings is 1. The van der Waals surface area contributed by atoms with Crippen LogP contribution in [0.25, 0.3) is 0 Å². The third-order valence-corrected chi connectivity index (χ3v) is 3.80. The first-order chi connectivity index (χ1) is 9.84. The van der Waals surface area contributed by atoms with Gasteiger partial charge in [-0.1, -0.05) is 0 Å². The Balaban J connectivity index is 1.78. The molecule has 0 spiro atoms. The zero-order chi connectivity index (χ0) is 15.5. The van der Waals surface area contributed by atoms with Gasteiger partial charge in [0.05, 0.1) is 11.1 Å². The van der Waals surface area contributed by atoms with E-state index >= 15 is 0 Å². The average molecular weight is 356 g/mol. The van der Waals surface area contributed by atoms with Crippen molar-refractivity contribution in [2.24, 2.45) is 5.41 Å². The lowest BCUT2D eigenvalue weighted by Crippen LogP contribution is -2.47. The molecule has 1 fully saturated rings. The maximum absolute atomic E-state index is 11.8. The number of halogens is 1. The van der Waals surface area contributed by atoms with Crippen molar-refractivity contribution in [1.29, 1.82) is 0 Å². The molecule has 5 nitrogen and oxygen atoms in total. The lowest BCUT2D eigenvalue weighted by Gasteiger charge is -2.34. The Labute approximate surface area is 134 Å². The van der Waals surface area contributed by atoms with Crippen LogP contribution < -0.4 is 0 Å². The largest absolute Gasteiger partial charge is 0.367 e. The fourth-order valence-corrected chi connectivity index (χ4v) is 2.20. The molecule has 0 N–H and O–H groups in total. The third kappa shape index (κ3) is 5.05. The first kappa shape index (κ1) is 16.4. The lowest BCUT2D eigenvalue weighted by molar-refractivity contribution is -0.207. The van der Waals surface area contributed by atoms with Gasteiger partial charge in [-0.05, 0) is 48.8 Å². The molecule has 0 saturated carbocycles. The highest BCUT2D eigenvalue weighted by Crippen LogP contribution is 2.17. The molecule has 0 aromatic carbocycles. The SMILES string of the molecule is CC(C)(C)C(=O)ON1CCN(Cc2ccc(Br)cn2)CC1. The van der Waals surface area contributed by atoms with Gasteiger partial charge in [-0.25, -0.2) is 4.79 Å². The molecule has 0 bridgehead atoms. The minimum absolute atomic E-state index is 0.175. The Morgan fingerprint density at radius 1 is 1.29 bits per heavy atom. The van der Waals surface area contributed by atoms with E-state index in [0.29, 0.717) is 0 Å². The Bertz CT molecular complexity index is 477. The minimum atomic E-state index is -0.460. The summed E-state index contributed by atoms with van der Waals surface area (Å²) in [5.41, 5.74) is 0.594. The molecule has 1 aliphatic rings. The van der Waals surface area contributed by atoms with Gasteiger partial charge in [0.15, 0.2) is 0 Å². The Morgan fingerprint density at radius 2 is 1.95 bits per heavy atom. The van der Waals surface area contributed by atoms with Crippen molar-refractivity contribution >= 4 is 21.9 Å². The lowest BCUT2D eigenvalue weighted by atomic mass is 9.98. The second-order valence-corrected chi connectivity index (χ2v) is 7.22. The van der Waals surface area contributed by atoms with E-state index in [4.69, 9.17) is 4.84 Å². The standard InChI is InChI=1S/C15H22BrN3O2/c1-15(2,3)14(20)21-19-8-6-18(7-9-19)11-13-5-4-12(16)10-17-13/h4-5,10H,6-9,11H2,1-3H3. The van der Waals surface area contributed by atoms with Gasteiger partial charge in [0.25, 0.3) is 0 Å². The maximum atomic E-state index is 11.8. The maximum Gasteiger partial charge on any atom is 0.330 e. The summed E-state index contributed by atoms with van der Waals surface area (Å²) in [5.74, 6) is -0.175. The highest BCUT2D eigenvalue weighted by molar-refractivity contribution is 9.10. The molecule has 1 saturated heterocycles. The van der Waals surface area contributed by atoms with Crippen LogP contribution in [0.1, 0.15) is 26.5 Å². The van der Waals surface area contributed by atoms with Crippen LogP contribution in [0.4, 0.5) is 0 Å². The number of hydroxylamine groups is 2. The summed E-state index contributed by atoms with van der Waals surface area (Å²) < 4.78 is 0.991. The van der Waals surface area contributed by atoms with Crippen molar-refractivity contribution < 1.29 is 9.63 Å². The van der Waals surface area contributed by atoms with Crippen LogP contribution in [-0.2, 0) is 16.2 Å². The molecule has 0 aliphatic carbocycles. The summed E-state index contributed by atoms with van der Waals surface area (Å²) in [5, 5.41) is 1.76. The van der Waals surface area contributed by atoms with Crippen LogP contribution in [-0.4, -0.2) is 47.1 Å². The van der Waals surface area contributed by atoms with Crippen molar-refractivity contribution in [2.45, 2.75) is 27.3 Å². The summed E-state index contributed by atoms with van der Waals surface area (Å²) >= 11 is 3.39. The molecule has 1 aliphatic heterocycles. The number of aromatic nitrogens is 1. The average Bonchev–Trinajstić information content (AvgIpc) is 2.42. The van der Waals surface area contributed by atoms with Crippen LogP contribution in [0, 0.1) is 5.41 Å². The highest BCUT2D eigenvalue weighted by atomic mass is 79.9. The molecule has 0 radical (unpaired) electrons. The smallest absolute Gasteiger partial charge is 0.330 e. The molecule has 116 valence electrons. The molecular formula is C15H22BrN3O2. The van der Waals surface area contributed by atoms with E-state index in [1.807, 2.05) is 39.1 Å². The quantitative estimate of drug-likeness (QED) is 0.833. The van der Waals surface area contributed by atoms with E-state index in [0.717, 1.165) is 42.9 Å². The second-order valence-electron chi connectivity index (χ2n) is 6.30. The molecular weight excluding hydrogens is 334 g/mol. The van der Waals surface area contributed by atoms with Crippen molar-refractivity contribution in [1.82, 2.24) is 14.9 Å². The number of carbonyl (C=O) groups is 1. The first-order valence-corrected chi connectivity index (χ1v) is 7.94. The second kappa shape index (κ2) is 6.85. The van der Waals surface area contributed by atoms with E-state index in [1.165, 1.54) is 0 Å². The predicted octanol–water partition coefficient (Wildman–Crippen LogP) is 2.47. The normalized spacial score (nSPS) is 17.7. The minimum Gasteiger partial charge on any atom is -0.367 e. The zero-order valence-corrected chi connectivity index (χ0v) is 14.4. The van der Waals surface area contributed by atoms with E-state index < -0.39 is 5.41 Å². The van der Waals surface area contributed by atoms with Gasteiger partial charge in [0, 0.05) is 43.4 Å². The Kier molecular flexibility index (Phi) is 5.35. The Hall–Kier alpha value is -0.980. The van der Waals surface area contributed by atoms with Gasteiger partial charge in [0.1, 0.15) is 0 Å². The number of carbonyl (C=O) groups excluding carboxylic acids is 1. The monoisotopic (exact) mass is 355 g/mol. The van der Waals surface area contributed by atoms with Gasteiger partial charge < -0.3 is 4.84 Å². The topological polar surface area (TPSA) is 45.7 Å². The third-order valence-electron chi connectivity index (χ3n) is 3.33. The highest BCUT2D eigenvalue weighted by Gasteiger charge is 2.27. The number of pyridine rings is 1. The zero-order valence-electron chi connectivity index (χ0n) is 12.8. The van der Waals surface area contributed by atoms with E-state index in [9.17, 15) is 4.79 Å². The molecule has 1 aromatic heterocycles. The van der Waals surface area contributed by atoms with Crippen LogP contribution >= 0.6 is 15.9 Å². The van der Waals surface area contributed by atoms with Crippen LogP contribution in [0.5, 0.6) is 0 Å². The van der Waals surface area contributed by atoms with Crippen LogP contribution in [0.2, 0.25) is 0 Å². The van der Waals surface area contributed by atoms with Crippen LogP contribution in [0.15, 0.2) is 22.8 Å². The summed E-state index contributed by atoms with van der Waals surface area (Å²) in [7, 11) is 0. The summed E-state index contributed by atoms with van der Waals surface area (Å²) in [6.07, 6.45) is 1.82. The fraction of sp³-hybridized carbons (Fsp3) is 0.600. The van der Waals surface area contributed by atoms with Crippen molar-refractivity contribution in [3.8, 4) is 0 Å². The van der Waals surface area contributed by atoms with Gasteiger partial charge in [-0.2, -0.15) is 0 Å². The molecule has 2 rings (SSSR count). The van der Waals surface area contributed by atoms with Crippen molar-refractivity contribution in [2.75, 3.05) is 26.2 Å². The van der Waals surface area contributed by atoms with Gasteiger partial charge in [0.2, 0.25) is 0 Å². The molecule has 6 heteroatoms. The summed E-state index contributed by atoms with van der Waals surface area (Å²) in [6, 6.07) is 4.03. The molecule has 21 heavy (non-hydrogen) atoms. The van der Waals surface area contributed by atoms with Gasteiger partial charge in [-0.15, -0.1) is 5.06 Å². The number of hydrogen-bond donors (Lipinski definition) is 0. The Morgan fingerprint density at radius 3 is 2.48 bits per heavy atom. The van der Waals surface area contributed by atoms with Gasteiger partial charge in [-0.3, -0.25) is 9.88 Å². The van der Waals surface area contributed by atoms with E-state index in [-0.39, 0.29) is 5.97 Å². The van der Waals surface area contributed by atoms with E-state index in [2.05, 4.69) is 25.8 Å². The molecule has 0 amide bonds. The van der Waals surface area contributed by atoms with Crippen molar-refractivity contribution in [3.63, 3.8) is 0 Å².